The van der Waals surface area contributed by atoms with Gasteiger partial charge >= 0.3 is 12.0 Å². The van der Waals surface area contributed by atoms with Gasteiger partial charge < -0.3 is 25.5 Å². The number of hydrogen-bond donors (Lipinski definition) is 4. The van der Waals surface area contributed by atoms with Crippen molar-refractivity contribution in [2.45, 2.75) is 31.7 Å². The van der Waals surface area contributed by atoms with E-state index in [0.29, 0.717) is 19.5 Å². The van der Waals surface area contributed by atoms with Gasteiger partial charge in [-0.25, -0.2) is 9.59 Å². The Hall–Kier alpha value is -1.34. The summed E-state index contributed by atoms with van der Waals surface area (Å²) >= 11 is 0. The molecule has 1 rings (SSSR count). The average molecular weight is 274 g/mol. The van der Waals surface area contributed by atoms with Gasteiger partial charge in [-0.15, -0.1) is 0 Å². The molecule has 4 N–H and O–H groups in total. The van der Waals surface area contributed by atoms with E-state index in [1.165, 1.54) is 0 Å². The van der Waals surface area contributed by atoms with Crippen LogP contribution in [0.25, 0.3) is 0 Å². The molecule has 1 fully saturated rings. The second kappa shape index (κ2) is 7.96. The highest BCUT2D eigenvalue weighted by atomic mass is 16.4. The molecule has 19 heavy (non-hydrogen) atoms. The fraction of sp³-hybridized carbons (Fsp3) is 0.833. The Balaban J connectivity index is 2.49. The first-order chi connectivity index (χ1) is 9.08. The maximum absolute atomic E-state index is 11.9. The molecule has 0 saturated carbocycles. The summed E-state index contributed by atoms with van der Waals surface area (Å²) in [6.07, 6.45) is 2.48. The molecule has 0 aromatic carbocycles. The van der Waals surface area contributed by atoms with Gasteiger partial charge in [0.15, 0.2) is 0 Å². The van der Waals surface area contributed by atoms with Crippen molar-refractivity contribution in [1.82, 2.24) is 10.2 Å². The fourth-order valence-corrected chi connectivity index (χ4v) is 2.29. The van der Waals surface area contributed by atoms with Crippen LogP contribution in [0, 0.1) is 5.92 Å². The predicted molar refractivity (Wildman–Crippen MR) is 67.7 cm³/mol. The molecule has 0 aromatic rings. The molecular formula is C12H22N2O5. The number of nitrogens with one attached hydrogen (secondary N) is 1. The number of hydrogen-bond acceptors (Lipinski definition) is 4. The number of piperidine rings is 1. The van der Waals surface area contributed by atoms with Crippen molar-refractivity contribution in [3.8, 4) is 0 Å². The number of amides is 2. The van der Waals surface area contributed by atoms with Gasteiger partial charge in [0, 0.05) is 32.7 Å². The van der Waals surface area contributed by atoms with Crippen LogP contribution < -0.4 is 5.32 Å². The largest absolute Gasteiger partial charge is 0.480 e. The van der Waals surface area contributed by atoms with E-state index < -0.39 is 18.0 Å². The van der Waals surface area contributed by atoms with E-state index in [1.807, 2.05) is 0 Å². The first kappa shape index (κ1) is 15.7. The summed E-state index contributed by atoms with van der Waals surface area (Å²) < 4.78 is 0. The highest BCUT2D eigenvalue weighted by molar-refractivity contribution is 5.82. The van der Waals surface area contributed by atoms with Crippen LogP contribution in [0.4, 0.5) is 4.79 Å². The molecule has 0 aromatic heterocycles. The van der Waals surface area contributed by atoms with Crippen LogP contribution in [0.1, 0.15) is 25.7 Å². The Morgan fingerprint density at radius 2 is 2.05 bits per heavy atom. The lowest BCUT2D eigenvalue weighted by Crippen LogP contribution is -2.51. The van der Waals surface area contributed by atoms with Crippen molar-refractivity contribution in [2.75, 3.05) is 26.3 Å². The average Bonchev–Trinajstić information content (AvgIpc) is 2.38. The fourth-order valence-electron chi connectivity index (χ4n) is 2.29. The molecule has 2 atom stereocenters. The number of rotatable bonds is 6. The minimum absolute atomic E-state index is 0.00498. The molecule has 0 bridgehead atoms. The SMILES string of the molecule is O=C(O)C(CCO)NC(=O)N1CCCC(CCO)C1. The minimum Gasteiger partial charge on any atom is -0.480 e. The van der Waals surface area contributed by atoms with Crippen molar-refractivity contribution < 1.29 is 24.9 Å². The molecule has 1 aliphatic heterocycles. The third-order valence-corrected chi connectivity index (χ3v) is 3.36. The summed E-state index contributed by atoms with van der Waals surface area (Å²) in [5.41, 5.74) is 0. The lowest BCUT2D eigenvalue weighted by Gasteiger charge is -2.33. The zero-order valence-corrected chi connectivity index (χ0v) is 10.9. The Morgan fingerprint density at radius 3 is 2.63 bits per heavy atom. The zero-order valence-electron chi connectivity index (χ0n) is 10.9. The van der Waals surface area contributed by atoms with Gasteiger partial charge in [-0.1, -0.05) is 0 Å². The number of carbonyl (C=O) groups excluding carboxylic acids is 1. The number of nitrogens with zero attached hydrogens (tertiary/aromatic N) is 1. The van der Waals surface area contributed by atoms with Gasteiger partial charge in [0.05, 0.1) is 0 Å². The zero-order chi connectivity index (χ0) is 14.3. The second-order valence-corrected chi connectivity index (χ2v) is 4.82. The predicted octanol–water partition coefficient (Wildman–Crippen LogP) is -0.374. The van der Waals surface area contributed by atoms with Gasteiger partial charge in [0.1, 0.15) is 6.04 Å². The quantitative estimate of drug-likeness (QED) is 0.528. The summed E-state index contributed by atoms with van der Waals surface area (Å²) in [7, 11) is 0. The van der Waals surface area contributed by atoms with E-state index in [-0.39, 0.29) is 25.6 Å². The topological polar surface area (TPSA) is 110 Å². The maximum Gasteiger partial charge on any atom is 0.326 e. The number of aliphatic hydroxyl groups excluding tert-OH is 2. The first-order valence-electron chi connectivity index (χ1n) is 6.58. The lowest BCUT2D eigenvalue weighted by molar-refractivity contribution is -0.139. The molecule has 1 heterocycles. The van der Waals surface area contributed by atoms with Crippen LogP contribution in [0.5, 0.6) is 0 Å². The van der Waals surface area contributed by atoms with E-state index in [9.17, 15) is 9.59 Å². The second-order valence-electron chi connectivity index (χ2n) is 4.82. The molecule has 7 heteroatoms. The molecule has 2 unspecified atom stereocenters. The van der Waals surface area contributed by atoms with Crippen LogP contribution in [0.2, 0.25) is 0 Å². The molecule has 1 saturated heterocycles. The highest BCUT2D eigenvalue weighted by Crippen LogP contribution is 2.19. The summed E-state index contributed by atoms with van der Waals surface area (Å²) in [5.74, 6) is -0.878. The number of aliphatic carboxylic acids is 1. The van der Waals surface area contributed by atoms with Gasteiger partial charge in [0.2, 0.25) is 0 Å². The molecular weight excluding hydrogens is 252 g/mol. The summed E-state index contributed by atoms with van der Waals surface area (Å²) in [6.45, 7) is 0.948. The van der Waals surface area contributed by atoms with E-state index in [2.05, 4.69) is 5.32 Å². The maximum atomic E-state index is 11.9. The molecule has 7 nitrogen and oxygen atoms in total. The Labute approximate surface area is 112 Å². The normalized spacial score (nSPS) is 20.9. The van der Waals surface area contributed by atoms with Crippen LogP contribution in [0.15, 0.2) is 0 Å². The van der Waals surface area contributed by atoms with Crippen molar-refractivity contribution >= 4 is 12.0 Å². The van der Waals surface area contributed by atoms with E-state index >= 15 is 0 Å². The number of carboxylic acid groups (broad SMARTS) is 1. The lowest BCUT2D eigenvalue weighted by atomic mass is 9.95. The number of urea groups is 1. The highest BCUT2D eigenvalue weighted by Gasteiger charge is 2.26. The minimum atomic E-state index is -1.15. The van der Waals surface area contributed by atoms with Gasteiger partial charge in [-0.2, -0.15) is 0 Å². The van der Waals surface area contributed by atoms with Crippen molar-refractivity contribution in [3.63, 3.8) is 0 Å². The summed E-state index contributed by atoms with van der Waals surface area (Å²) in [6, 6.07) is -1.47. The molecule has 110 valence electrons. The molecule has 2 amide bonds. The number of carboxylic acids is 1. The van der Waals surface area contributed by atoms with E-state index in [4.69, 9.17) is 15.3 Å². The molecule has 0 radical (unpaired) electrons. The molecule has 0 aliphatic carbocycles. The monoisotopic (exact) mass is 274 g/mol. The Morgan fingerprint density at radius 1 is 1.32 bits per heavy atom. The van der Waals surface area contributed by atoms with Crippen LogP contribution in [-0.2, 0) is 4.79 Å². The van der Waals surface area contributed by atoms with Gasteiger partial charge in [0.25, 0.3) is 0 Å². The van der Waals surface area contributed by atoms with Gasteiger partial charge in [-0.3, -0.25) is 0 Å². The van der Waals surface area contributed by atoms with Crippen molar-refractivity contribution in [3.05, 3.63) is 0 Å². The van der Waals surface area contributed by atoms with E-state index in [1.54, 1.807) is 4.90 Å². The first-order valence-corrected chi connectivity index (χ1v) is 6.58. The van der Waals surface area contributed by atoms with Crippen molar-refractivity contribution in [1.29, 1.82) is 0 Å². The third-order valence-electron chi connectivity index (χ3n) is 3.36. The number of carbonyl (C=O) groups is 2. The Kier molecular flexibility index (Phi) is 6.58. The smallest absolute Gasteiger partial charge is 0.326 e. The summed E-state index contributed by atoms with van der Waals surface area (Å²) in [4.78, 5) is 24.4. The number of likely N-dealkylation sites (tertiary alicyclic amines) is 1. The Bertz CT molecular complexity index is 308. The molecule has 0 spiro atoms. The van der Waals surface area contributed by atoms with Crippen LogP contribution in [-0.4, -0.2) is 64.6 Å². The standard InChI is InChI=1S/C12H22N2O5/c15-6-3-9-2-1-5-14(8-9)12(19)13-10(4-7-16)11(17)18/h9-10,15-16H,1-8H2,(H,13,19)(H,17,18). The third kappa shape index (κ3) is 5.04. The van der Waals surface area contributed by atoms with Gasteiger partial charge in [-0.05, 0) is 25.2 Å². The summed E-state index contributed by atoms with van der Waals surface area (Å²) in [5, 5.41) is 29.0. The molecule has 1 aliphatic rings. The van der Waals surface area contributed by atoms with Crippen LogP contribution in [0.3, 0.4) is 0 Å². The van der Waals surface area contributed by atoms with Crippen LogP contribution >= 0.6 is 0 Å². The number of aliphatic hydroxyl groups is 2. The van der Waals surface area contributed by atoms with E-state index in [0.717, 1.165) is 12.8 Å². The van der Waals surface area contributed by atoms with Crippen molar-refractivity contribution in [2.24, 2.45) is 5.92 Å².